The van der Waals surface area contributed by atoms with Gasteiger partial charge in [0.2, 0.25) is 0 Å². The van der Waals surface area contributed by atoms with Crippen LogP contribution in [0.5, 0.6) is 0 Å². The van der Waals surface area contributed by atoms with Gasteiger partial charge in [0.1, 0.15) is 0 Å². The van der Waals surface area contributed by atoms with Crippen LogP contribution < -0.4 is 5.32 Å². The smallest absolute Gasteiger partial charge is 0.0252 e. The van der Waals surface area contributed by atoms with Gasteiger partial charge in [0, 0.05) is 25.2 Å². The molecule has 1 rings (SSSR count). The van der Waals surface area contributed by atoms with Gasteiger partial charge in [-0.05, 0) is 38.8 Å². The lowest BCUT2D eigenvalue weighted by atomic mass is 10.0. The van der Waals surface area contributed by atoms with Gasteiger partial charge in [-0.3, -0.25) is 0 Å². The molecule has 78 valence electrons. The number of thioether (sulfide) groups is 1. The molecule has 1 saturated heterocycles. The maximum atomic E-state index is 3.53. The molecule has 1 aliphatic rings. The monoisotopic (exact) mass is 202 g/mol. The first kappa shape index (κ1) is 11.3. The van der Waals surface area contributed by atoms with E-state index in [2.05, 4.69) is 30.3 Å². The van der Waals surface area contributed by atoms with Crippen molar-refractivity contribution >= 4 is 11.8 Å². The molecular formula is C10H22N2S. The quantitative estimate of drug-likeness (QED) is 0.694. The molecule has 1 aliphatic heterocycles. The van der Waals surface area contributed by atoms with E-state index >= 15 is 0 Å². The minimum Gasteiger partial charge on any atom is -0.309 e. The van der Waals surface area contributed by atoms with Crippen molar-refractivity contribution in [1.82, 2.24) is 10.2 Å². The molecule has 1 N–H and O–H groups in total. The lowest BCUT2D eigenvalue weighted by molar-refractivity contribution is 0.155. The van der Waals surface area contributed by atoms with E-state index < -0.39 is 0 Å². The number of piperazine rings is 1. The van der Waals surface area contributed by atoms with Crippen LogP contribution in [0.15, 0.2) is 0 Å². The van der Waals surface area contributed by atoms with Crippen LogP contribution in [0.2, 0.25) is 0 Å². The van der Waals surface area contributed by atoms with Crippen LogP contribution in [0.4, 0.5) is 0 Å². The average molecular weight is 202 g/mol. The summed E-state index contributed by atoms with van der Waals surface area (Å²) in [5, 5.41) is 3.53. The Bertz CT molecular complexity index is 148. The Morgan fingerprint density at radius 1 is 1.46 bits per heavy atom. The summed E-state index contributed by atoms with van der Waals surface area (Å²) < 4.78 is 0. The lowest BCUT2D eigenvalue weighted by Gasteiger charge is -2.39. The number of hydrogen-bond donors (Lipinski definition) is 1. The molecule has 13 heavy (non-hydrogen) atoms. The van der Waals surface area contributed by atoms with Crippen LogP contribution >= 0.6 is 11.8 Å². The fourth-order valence-corrected chi connectivity index (χ4v) is 2.29. The molecule has 0 bridgehead atoms. The zero-order chi connectivity index (χ0) is 9.73. The van der Waals surface area contributed by atoms with Gasteiger partial charge in [0.25, 0.3) is 0 Å². The third kappa shape index (κ3) is 4.34. The van der Waals surface area contributed by atoms with Gasteiger partial charge in [-0.25, -0.2) is 0 Å². The summed E-state index contributed by atoms with van der Waals surface area (Å²) in [4.78, 5) is 2.58. The van der Waals surface area contributed by atoms with E-state index in [1.807, 2.05) is 11.8 Å². The van der Waals surface area contributed by atoms with Crippen molar-refractivity contribution in [3.8, 4) is 0 Å². The van der Waals surface area contributed by atoms with Crippen molar-refractivity contribution in [1.29, 1.82) is 0 Å². The van der Waals surface area contributed by atoms with E-state index in [-0.39, 0.29) is 0 Å². The zero-order valence-corrected chi connectivity index (χ0v) is 9.91. The Morgan fingerprint density at radius 2 is 2.23 bits per heavy atom. The van der Waals surface area contributed by atoms with Crippen molar-refractivity contribution in [2.75, 3.05) is 38.2 Å². The minimum atomic E-state index is 0.317. The molecule has 0 aromatic heterocycles. The first-order valence-corrected chi connectivity index (χ1v) is 6.50. The van der Waals surface area contributed by atoms with Gasteiger partial charge in [-0.1, -0.05) is 0 Å². The Hall–Kier alpha value is 0.270. The van der Waals surface area contributed by atoms with E-state index in [1.54, 1.807) is 0 Å². The summed E-state index contributed by atoms with van der Waals surface area (Å²) in [5.41, 5.74) is 0.317. The average Bonchev–Trinajstić information content (AvgIpc) is 2.03. The molecule has 0 amide bonds. The highest BCUT2D eigenvalue weighted by atomic mass is 32.2. The minimum absolute atomic E-state index is 0.317. The summed E-state index contributed by atoms with van der Waals surface area (Å²) >= 11 is 1.95. The van der Waals surface area contributed by atoms with Crippen molar-refractivity contribution in [3.05, 3.63) is 0 Å². The number of rotatable bonds is 4. The van der Waals surface area contributed by atoms with Gasteiger partial charge < -0.3 is 10.2 Å². The molecule has 0 aliphatic carbocycles. The second-order valence-corrected chi connectivity index (χ2v) is 5.42. The van der Waals surface area contributed by atoms with Gasteiger partial charge in [-0.15, -0.1) is 0 Å². The Morgan fingerprint density at radius 3 is 2.85 bits per heavy atom. The Kier molecular flexibility index (Phi) is 4.56. The fraction of sp³-hybridized carbons (Fsp3) is 1.00. The normalized spacial score (nSPS) is 23.3. The summed E-state index contributed by atoms with van der Waals surface area (Å²) in [6, 6.07) is 0. The van der Waals surface area contributed by atoms with Crippen LogP contribution in [-0.2, 0) is 0 Å². The molecular weight excluding hydrogens is 180 g/mol. The SMILES string of the molecule is CSCCCN1CCNC(C)(C)C1. The van der Waals surface area contributed by atoms with E-state index in [4.69, 9.17) is 0 Å². The van der Waals surface area contributed by atoms with Crippen molar-refractivity contribution < 1.29 is 0 Å². The largest absolute Gasteiger partial charge is 0.309 e. The molecule has 0 atom stereocenters. The highest BCUT2D eigenvalue weighted by Crippen LogP contribution is 2.10. The lowest BCUT2D eigenvalue weighted by Crippen LogP contribution is -2.57. The maximum Gasteiger partial charge on any atom is 0.0252 e. The van der Waals surface area contributed by atoms with Gasteiger partial charge in [-0.2, -0.15) is 11.8 Å². The summed E-state index contributed by atoms with van der Waals surface area (Å²) in [6.07, 6.45) is 3.51. The third-order valence-electron chi connectivity index (χ3n) is 2.47. The third-order valence-corrected chi connectivity index (χ3v) is 3.17. The highest BCUT2D eigenvalue weighted by Gasteiger charge is 2.24. The number of nitrogens with one attached hydrogen (secondary N) is 1. The molecule has 0 saturated carbocycles. The molecule has 0 spiro atoms. The molecule has 0 aromatic carbocycles. The number of nitrogens with zero attached hydrogens (tertiary/aromatic N) is 1. The second-order valence-electron chi connectivity index (χ2n) is 4.43. The van der Waals surface area contributed by atoms with Crippen molar-refractivity contribution in [2.24, 2.45) is 0 Å². The van der Waals surface area contributed by atoms with E-state index in [0.717, 1.165) is 6.54 Å². The van der Waals surface area contributed by atoms with E-state index in [9.17, 15) is 0 Å². The number of hydrogen-bond acceptors (Lipinski definition) is 3. The van der Waals surface area contributed by atoms with Gasteiger partial charge in [0.15, 0.2) is 0 Å². The maximum absolute atomic E-state index is 3.53. The van der Waals surface area contributed by atoms with E-state index in [1.165, 1.54) is 31.8 Å². The highest BCUT2D eigenvalue weighted by molar-refractivity contribution is 7.98. The van der Waals surface area contributed by atoms with Crippen LogP contribution in [-0.4, -0.2) is 48.6 Å². The van der Waals surface area contributed by atoms with Crippen molar-refractivity contribution in [2.45, 2.75) is 25.8 Å². The van der Waals surface area contributed by atoms with E-state index in [0.29, 0.717) is 5.54 Å². The van der Waals surface area contributed by atoms with Crippen molar-refractivity contribution in [3.63, 3.8) is 0 Å². The molecule has 0 radical (unpaired) electrons. The predicted octanol–water partition coefficient (Wildman–Crippen LogP) is 1.42. The predicted molar refractivity (Wildman–Crippen MR) is 61.5 cm³/mol. The molecule has 0 unspecified atom stereocenters. The topological polar surface area (TPSA) is 15.3 Å². The molecule has 3 heteroatoms. The molecule has 2 nitrogen and oxygen atoms in total. The van der Waals surface area contributed by atoms with Crippen LogP contribution in [0.1, 0.15) is 20.3 Å². The molecule has 1 fully saturated rings. The summed E-state index contributed by atoms with van der Waals surface area (Å²) in [5.74, 6) is 1.30. The zero-order valence-electron chi connectivity index (χ0n) is 9.10. The molecule has 1 heterocycles. The standard InChI is InChI=1S/C10H22N2S/c1-10(2)9-12(7-5-11-10)6-4-8-13-3/h11H,4-9H2,1-3H3. The van der Waals surface area contributed by atoms with Crippen LogP contribution in [0.3, 0.4) is 0 Å². The van der Waals surface area contributed by atoms with Crippen LogP contribution in [0.25, 0.3) is 0 Å². The molecule has 0 aromatic rings. The van der Waals surface area contributed by atoms with Crippen LogP contribution in [0, 0.1) is 0 Å². The Labute approximate surface area is 86.5 Å². The van der Waals surface area contributed by atoms with Gasteiger partial charge >= 0.3 is 0 Å². The summed E-state index contributed by atoms with van der Waals surface area (Å²) in [7, 11) is 0. The Balaban J connectivity index is 2.19. The summed E-state index contributed by atoms with van der Waals surface area (Å²) in [6.45, 7) is 9.40. The first-order valence-electron chi connectivity index (χ1n) is 5.10. The van der Waals surface area contributed by atoms with Gasteiger partial charge in [0.05, 0.1) is 0 Å². The second kappa shape index (κ2) is 5.23. The first-order chi connectivity index (χ1) is 6.14. The fourth-order valence-electron chi connectivity index (χ4n) is 1.87.